The Morgan fingerprint density at radius 1 is 1.39 bits per heavy atom. The average molecular weight is 314 g/mol. The van der Waals surface area contributed by atoms with Crippen molar-refractivity contribution in [3.05, 3.63) is 42.2 Å². The molecule has 23 heavy (non-hydrogen) atoms. The van der Waals surface area contributed by atoms with Crippen LogP contribution in [0.25, 0.3) is 11.3 Å². The smallest absolute Gasteiger partial charge is 0.313 e. The molecular formula is C18H22N2O3. The second kappa shape index (κ2) is 6.96. The van der Waals surface area contributed by atoms with Gasteiger partial charge in [-0.1, -0.05) is 35.5 Å². The van der Waals surface area contributed by atoms with E-state index in [2.05, 4.69) is 10.5 Å². The van der Waals surface area contributed by atoms with Crippen molar-refractivity contribution in [2.75, 3.05) is 19.7 Å². The van der Waals surface area contributed by atoms with Gasteiger partial charge in [0, 0.05) is 24.6 Å². The van der Waals surface area contributed by atoms with Gasteiger partial charge in [-0.25, -0.2) is 0 Å². The van der Waals surface area contributed by atoms with Gasteiger partial charge in [0.05, 0.1) is 12.0 Å². The van der Waals surface area contributed by atoms with Crippen LogP contribution in [0.5, 0.6) is 0 Å². The Hall–Kier alpha value is -2.14. The van der Waals surface area contributed by atoms with Gasteiger partial charge in [-0.3, -0.25) is 4.79 Å². The minimum atomic E-state index is -0.554. The Bertz CT molecular complexity index is 645. The second-order valence-corrected chi connectivity index (χ2v) is 6.00. The van der Waals surface area contributed by atoms with Gasteiger partial charge in [0.25, 0.3) is 0 Å². The maximum Gasteiger partial charge on any atom is 0.313 e. The predicted octanol–water partition coefficient (Wildman–Crippen LogP) is 2.82. The van der Waals surface area contributed by atoms with Crippen LogP contribution in [0.15, 0.2) is 40.9 Å². The van der Waals surface area contributed by atoms with Gasteiger partial charge in [0.2, 0.25) is 0 Å². The van der Waals surface area contributed by atoms with Crippen molar-refractivity contribution in [1.29, 1.82) is 0 Å². The Balaban J connectivity index is 1.80. The third kappa shape index (κ3) is 3.45. The van der Waals surface area contributed by atoms with E-state index in [-0.39, 0.29) is 5.97 Å². The lowest BCUT2D eigenvalue weighted by molar-refractivity contribution is -0.156. The summed E-state index contributed by atoms with van der Waals surface area (Å²) in [5, 5.41) is 7.45. The largest absolute Gasteiger partial charge is 0.466 e. The molecular weight excluding hydrogens is 292 g/mol. The molecule has 0 aliphatic carbocycles. The van der Waals surface area contributed by atoms with Crippen molar-refractivity contribution < 1.29 is 14.1 Å². The molecule has 2 heterocycles. The second-order valence-electron chi connectivity index (χ2n) is 6.00. The molecule has 1 aliphatic rings. The van der Waals surface area contributed by atoms with Gasteiger partial charge < -0.3 is 14.6 Å². The molecule has 1 aromatic heterocycles. The van der Waals surface area contributed by atoms with E-state index in [1.165, 1.54) is 0 Å². The summed E-state index contributed by atoms with van der Waals surface area (Å²) in [7, 11) is 0. The normalized spacial score (nSPS) is 21.1. The molecule has 0 amide bonds. The highest BCUT2D eigenvalue weighted by Gasteiger charge is 2.42. The van der Waals surface area contributed by atoms with Crippen LogP contribution in [0.2, 0.25) is 0 Å². The van der Waals surface area contributed by atoms with Crippen LogP contribution >= 0.6 is 0 Å². The van der Waals surface area contributed by atoms with Crippen LogP contribution in [0.3, 0.4) is 0 Å². The van der Waals surface area contributed by atoms with E-state index in [0.717, 1.165) is 36.4 Å². The number of carbonyl (C=O) groups is 1. The van der Waals surface area contributed by atoms with Gasteiger partial charge in [-0.2, -0.15) is 0 Å². The molecule has 1 aliphatic heterocycles. The number of piperidine rings is 1. The van der Waals surface area contributed by atoms with Crippen molar-refractivity contribution >= 4 is 5.97 Å². The number of nitrogens with zero attached hydrogens (tertiary/aromatic N) is 1. The number of rotatable bonds is 5. The molecule has 1 fully saturated rings. The molecule has 1 N–H and O–H groups in total. The molecule has 5 nitrogen and oxygen atoms in total. The van der Waals surface area contributed by atoms with E-state index in [9.17, 15) is 4.79 Å². The lowest BCUT2D eigenvalue weighted by Crippen LogP contribution is -2.47. The minimum Gasteiger partial charge on any atom is -0.466 e. The number of aromatic nitrogens is 1. The first-order valence-electron chi connectivity index (χ1n) is 8.12. The summed E-state index contributed by atoms with van der Waals surface area (Å²) < 4.78 is 10.8. The van der Waals surface area contributed by atoms with E-state index in [4.69, 9.17) is 9.26 Å². The summed E-state index contributed by atoms with van der Waals surface area (Å²) in [6.07, 6.45) is 2.28. The van der Waals surface area contributed by atoms with E-state index < -0.39 is 5.41 Å². The van der Waals surface area contributed by atoms with Crippen molar-refractivity contribution in [3.8, 4) is 11.3 Å². The van der Waals surface area contributed by atoms with Crippen LogP contribution in [-0.4, -0.2) is 30.8 Å². The molecule has 1 atom stereocenters. The molecule has 3 rings (SSSR count). The minimum absolute atomic E-state index is 0.148. The first-order valence-corrected chi connectivity index (χ1v) is 8.12. The Labute approximate surface area is 136 Å². The van der Waals surface area contributed by atoms with Gasteiger partial charge in [-0.05, 0) is 26.3 Å². The molecule has 0 bridgehead atoms. The van der Waals surface area contributed by atoms with Gasteiger partial charge in [0.15, 0.2) is 0 Å². The highest BCUT2D eigenvalue weighted by Crippen LogP contribution is 2.33. The molecule has 0 saturated carbocycles. The number of nitrogens with one attached hydrogen (secondary N) is 1. The van der Waals surface area contributed by atoms with Crippen LogP contribution in [0.1, 0.15) is 25.5 Å². The topological polar surface area (TPSA) is 64.4 Å². The van der Waals surface area contributed by atoms with Gasteiger partial charge >= 0.3 is 5.97 Å². The number of hydrogen-bond acceptors (Lipinski definition) is 5. The van der Waals surface area contributed by atoms with Crippen molar-refractivity contribution in [2.24, 2.45) is 5.41 Å². The lowest BCUT2D eigenvalue weighted by Gasteiger charge is -2.34. The molecule has 2 aromatic rings. The maximum atomic E-state index is 12.5. The molecule has 5 heteroatoms. The fraction of sp³-hybridized carbons (Fsp3) is 0.444. The maximum absolute atomic E-state index is 12.5. The highest BCUT2D eigenvalue weighted by atomic mass is 16.5. The van der Waals surface area contributed by atoms with Crippen LogP contribution in [0.4, 0.5) is 0 Å². The first kappa shape index (κ1) is 15.7. The van der Waals surface area contributed by atoms with Crippen LogP contribution < -0.4 is 5.32 Å². The average Bonchev–Trinajstić information content (AvgIpc) is 3.05. The van der Waals surface area contributed by atoms with Crippen LogP contribution in [0, 0.1) is 5.41 Å². The van der Waals surface area contributed by atoms with Crippen LogP contribution in [-0.2, 0) is 16.0 Å². The molecule has 122 valence electrons. The number of benzene rings is 1. The number of carbonyl (C=O) groups excluding carboxylic acids is 1. The fourth-order valence-electron chi connectivity index (χ4n) is 3.12. The quantitative estimate of drug-likeness (QED) is 0.860. The highest BCUT2D eigenvalue weighted by molar-refractivity contribution is 5.77. The summed E-state index contributed by atoms with van der Waals surface area (Å²) in [4.78, 5) is 12.5. The molecule has 0 radical (unpaired) electrons. The molecule has 1 saturated heterocycles. The standard InChI is InChI=1S/C18H22N2O3/c1-2-22-17(21)18(9-6-10-19-13-18)12-15-11-16(20-23-15)14-7-4-3-5-8-14/h3-5,7-8,11,19H,2,6,9-10,12-13H2,1H3. The van der Waals surface area contributed by atoms with E-state index in [1.54, 1.807) is 0 Å². The number of ether oxygens (including phenoxy) is 1. The summed E-state index contributed by atoms with van der Waals surface area (Å²) >= 11 is 0. The predicted molar refractivity (Wildman–Crippen MR) is 86.8 cm³/mol. The lowest BCUT2D eigenvalue weighted by atomic mass is 9.77. The van der Waals surface area contributed by atoms with Crippen molar-refractivity contribution in [3.63, 3.8) is 0 Å². The van der Waals surface area contributed by atoms with Gasteiger partial charge in [0.1, 0.15) is 11.5 Å². The monoisotopic (exact) mass is 314 g/mol. The van der Waals surface area contributed by atoms with E-state index in [0.29, 0.717) is 19.6 Å². The van der Waals surface area contributed by atoms with Crippen molar-refractivity contribution in [1.82, 2.24) is 10.5 Å². The zero-order valence-electron chi connectivity index (χ0n) is 13.4. The Morgan fingerprint density at radius 3 is 2.91 bits per heavy atom. The zero-order valence-corrected chi connectivity index (χ0v) is 13.4. The molecule has 0 spiro atoms. The zero-order chi connectivity index (χ0) is 16.1. The van der Waals surface area contributed by atoms with E-state index >= 15 is 0 Å². The summed E-state index contributed by atoms with van der Waals surface area (Å²) in [5.74, 6) is 0.575. The summed E-state index contributed by atoms with van der Waals surface area (Å²) in [5.41, 5.74) is 1.25. The number of hydrogen-bond donors (Lipinski definition) is 1. The Kier molecular flexibility index (Phi) is 4.76. The first-order chi connectivity index (χ1) is 11.2. The van der Waals surface area contributed by atoms with Crippen molar-refractivity contribution in [2.45, 2.75) is 26.2 Å². The molecule has 1 aromatic carbocycles. The van der Waals surface area contributed by atoms with E-state index in [1.807, 2.05) is 43.3 Å². The summed E-state index contributed by atoms with van der Waals surface area (Å²) in [6, 6.07) is 11.8. The van der Waals surface area contributed by atoms with Gasteiger partial charge in [-0.15, -0.1) is 0 Å². The number of esters is 1. The third-order valence-electron chi connectivity index (χ3n) is 4.32. The SMILES string of the molecule is CCOC(=O)C1(Cc2cc(-c3ccccc3)no2)CCCNC1. The third-order valence-corrected chi connectivity index (χ3v) is 4.32. The summed E-state index contributed by atoms with van der Waals surface area (Å²) in [6.45, 7) is 3.79. The molecule has 1 unspecified atom stereocenters. The Morgan fingerprint density at radius 2 is 2.22 bits per heavy atom. The fourth-order valence-corrected chi connectivity index (χ4v) is 3.12.